The topological polar surface area (TPSA) is 125 Å². The molecular formula is C25H22N6O3. The van der Waals surface area contributed by atoms with Gasteiger partial charge in [0.15, 0.2) is 5.65 Å². The molecule has 0 bridgehead atoms. The smallest absolute Gasteiger partial charge is 0.270 e. The van der Waals surface area contributed by atoms with E-state index < -0.39 is 18.1 Å². The highest BCUT2D eigenvalue weighted by Gasteiger charge is 2.28. The molecule has 34 heavy (non-hydrogen) atoms. The zero-order chi connectivity index (χ0) is 23.8. The summed E-state index contributed by atoms with van der Waals surface area (Å²) in [6.07, 6.45) is 0.931. The molecule has 170 valence electrons. The molecule has 9 heteroatoms. The molecule has 2 N–H and O–H groups in total. The van der Waals surface area contributed by atoms with Crippen LogP contribution in [-0.4, -0.2) is 56.0 Å². The van der Waals surface area contributed by atoms with E-state index in [1.165, 1.54) is 0 Å². The van der Waals surface area contributed by atoms with Crippen molar-refractivity contribution in [2.24, 2.45) is 0 Å². The van der Waals surface area contributed by atoms with Gasteiger partial charge in [0.25, 0.3) is 5.91 Å². The van der Waals surface area contributed by atoms with E-state index >= 15 is 0 Å². The molecule has 1 aliphatic rings. The Bertz CT molecular complexity index is 1430. The first-order valence-corrected chi connectivity index (χ1v) is 10.8. The Balaban J connectivity index is 1.67. The number of carbonyl (C=O) groups is 1. The minimum Gasteiger partial charge on any atom is -0.388 e. The molecule has 0 spiro atoms. The maximum atomic E-state index is 12.9. The van der Waals surface area contributed by atoms with Gasteiger partial charge in [0.05, 0.1) is 42.6 Å². The summed E-state index contributed by atoms with van der Waals surface area (Å²) in [4.78, 5) is 22.0. The van der Waals surface area contributed by atoms with Gasteiger partial charge >= 0.3 is 0 Å². The number of rotatable bonds is 4. The Morgan fingerprint density at radius 2 is 1.94 bits per heavy atom. The molecule has 1 amide bonds. The van der Waals surface area contributed by atoms with Crippen LogP contribution in [0.3, 0.4) is 0 Å². The van der Waals surface area contributed by atoms with Crippen molar-refractivity contribution in [2.45, 2.75) is 26.0 Å². The van der Waals surface area contributed by atoms with Gasteiger partial charge in [0.2, 0.25) is 0 Å². The number of aliphatic hydroxyl groups is 1. The normalized spacial score (nSPS) is 17.6. The second kappa shape index (κ2) is 8.67. The van der Waals surface area contributed by atoms with Crippen molar-refractivity contribution in [3.05, 3.63) is 71.3 Å². The van der Waals surface area contributed by atoms with Crippen molar-refractivity contribution >= 4 is 11.6 Å². The standard InChI is InChI=1S/C25H22N6O3/c1-14-8-18(9-15(2)27-14)22-23(17-5-3-4-16(10-17)11-26)30-31-7-6-19(28-24(22)31)25(33)29-20-12-34-13-21(20)32/h3-10,20-21,32H,12-13H2,1-2H3,(H,29,33)/t20-,21+/m1/s1. The Kier molecular flexibility index (Phi) is 5.53. The average Bonchev–Trinajstić information content (AvgIpc) is 3.41. The van der Waals surface area contributed by atoms with Crippen molar-refractivity contribution in [2.75, 3.05) is 13.2 Å². The lowest BCUT2D eigenvalue weighted by molar-refractivity contribution is 0.0881. The monoisotopic (exact) mass is 454 g/mol. The van der Waals surface area contributed by atoms with Crippen molar-refractivity contribution in [1.82, 2.24) is 24.9 Å². The number of ether oxygens (including phenoxy) is 1. The van der Waals surface area contributed by atoms with Gasteiger partial charge in [0, 0.05) is 23.1 Å². The molecule has 9 nitrogen and oxygen atoms in total. The second-order valence-corrected chi connectivity index (χ2v) is 8.32. The fourth-order valence-corrected chi connectivity index (χ4v) is 4.16. The van der Waals surface area contributed by atoms with Crippen LogP contribution in [0.25, 0.3) is 28.0 Å². The van der Waals surface area contributed by atoms with Crippen LogP contribution in [0.1, 0.15) is 27.4 Å². The number of benzene rings is 1. The third-order valence-electron chi connectivity index (χ3n) is 5.72. The maximum Gasteiger partial charge on any atom is 0.270 e. The first-order chi connectivity index (χ1) is 16.4. The molecule has 4 aromatic rings. The molecule has 1 saturated heterocycles. The van der Waals surface area contributed by atoms with Crippen LogP contribution in [0, 0.1) is 25.2 Å². The van der Waals surface area contributed by atoms with E-state index in [9.17, 15) is 15.2 Å². The van der Waals surface area contributed by atoms with Crippen molar-refractivity contribution in [3.8, 4) is 28.5 Å². The summed E-state index contributed by atoms with van der Waals surface area (Å²) >= 11 is 0. The molecular weight excluding hydrogens is 432 g/mol. The zero-order valence-electron chi connectivity index (χ0n) is 18.7. The lowest BCUT2D eigenvalue weighted by Gasteiger charge is -2.14. The van der Waals surface area contributed by atoms with Crippen LogP contribution in [-0.2, 0) is 4.74 Å². The van der Waals surface area contributed by atoms with Crippen molar-refractivity contribution < 1.29 is 14.6 Å². The summed E-state index contributed by atoms with van der Waals surface area (Å²) in [6.45, 7) is 4.27. The lowest BCUT2D eigenvalue weighted by atomic mass is 9.99. The van der Waals surface area contributed by atoms with Gasteiger partial charge in [-0.25, -0.2) is 9.50 Å². The number of aliphatic hydroxyl groups excluding tert-OH is 1. The Labute approximate surface area is 195 Å². The van der Waals surface area contributed by atoms with Gasteiger partial charge in [0.1, 0.15) is 11.4 Å². The van der Waals surface area contributed by atoms with Crippen LogP contribution in [0.2, 0.25) is 0 Å². The number of nitrogens with zero attached hydrogens (tertiary/aromatic N) is 5. The van der Waals surface area contributed by atoms with Gasteiger partial charge in [-0.3, -0.25) is 9.78 Å². The predicted molar refractivity (Wildman–Crippen MR) is 124 cm³/mol. The number of hydrogen-bond acceptors (Lipinski definition) is 7. The summed E-state index contributed by atoms with van der Waals surface area (Å²) in [5.41, 5.74) is 5.92. The highest BCUT2D eigenvalue weighted by atomic mass is 16.5. The largest absolute Gasteiger partial charge is 0.388 e. The quantitative estimate of drug-likeness (QED) is 0.485. The summed E-state index contributed by atoms with van der Waals surface area (Å²) in [6, 6.07) is 14.4. The third kappa shape index (κ3) is 4.01. The summed E-state index contributed by atoms with van der Waals surface area (Å²) in [5.74, 6) is -0.403. The SMILES string of the molecule is Cc1cc(-c2c(-c3cccc(C#N)c3)nn3ccc(C(=O)N[C@@H]4COC[C@@H]4O)nc23)cc(C)n1. The first kappa shape index (κ1) is 21.7. The molecule has 0 aliphatic carbocycles. The van der Waals surface area contributed by atoms with E-state index in [1.54, 1.807) is 28.9 Å². The Morgan fingerprint density at radius 1 is 1.15 bits per heavy atom. The number of pyridine rings is 1. The summed E-state index contributed by atoms with van der Waals surface area (Å²) in [5, 5.41) is 26.9. The Hall–Kier alpha value is -4.13. The van der Waals surface area contributed by atoms with Crippen LogP contribution < -0.4 is 5.32 Å². The fourth-order valence-electron chi connectivity index (χ4n) is 4.16. The minimum atomic E-state index is -0.750. The van der Waals surface area contributed by atoms with Gasteiger partial charge in [-0.15, -0.1) is 0 Å². The van der Waals surface area contributed by atoms with E-state index in [2.05, 4.69) is 21.4 Å². The average molecular weight is 454 g/mol. The maximum absolute atomic E-state index is 12.9. The Morgan fingerprint density at radius 3 is 2.65 bits per heavy atom. The van der Waals surface area contributed by atoms with Crippen molar-refractivity contribution in [1.29, 1.82) is 5.26 Å². The third-order valence-corrected chi connectivity index (χ3v) is 5.72. The number of nitrogens with one attached hydrogen (secondary N) is 1. The van der Waals surface area contributed by atoms with E-state index in [4.69, 9.17) is 9.84 Å². The number of nitriles is 1. The lowest BCUT2D eigenvalue weighted by Crippen LogP contribution is -2.42. The minimum absolute atomic E-state index is 0.191. The molecule has 3 aromatic heterocycles. The zero-order valence-corrected chi connectivity index (χ0v) is 18.7. The summed E-state index contributed by atoms with van der Waals surface area (Å²) in [7, 11) is 0. The van der Waals surface area contributed by atoms with Gasteiger partial charge in [-0.2, -0.15) is 10.4 Å². The van der Waals surface area contributed by atoms with E-state index in [0.717, 1.165) is 28.1 Å². The molecule has 5 rings (SSSR count). The molecule has 1 aromatic carbocycles. The van der Waals surface area contributed by atoms with Gasteiger partial charge in [-0.1, -0.05) is 12.1 Å². The number of amides is 1. The molecule has 0 unspecified atom stereocenters. The predicted octanol–water partition coefficient (Wildman–Crippen LogP) is 2.44. The molecule has 4 heterocycles. The molecule has 1 fully saturated rings. The van der Waals surface area contributed by atoms with Crippen LogP contribution in [0.5, 0.6) is 0 Å². The molecule has 0 radical (unpaired) electrons. The fraction of sp³-hybridized carbons (Fsp3) is 0.240. The van der Waals surface area contributed by atoms with E-state index in [-0.39, 0.29) is 18.9 Å². The number of aryl methyl sites for hydroxylation is 2. The second-order valence-electron chi connectivity index (χ2n) is 8.32. The highest BCUT2D eigenvalue weighted by molar-refractivity contribution is 5.95. The highest BCUT2D eigenvalue weighted by Crippen LogP contribution is 2.35. The van der Waals surface area contributed by atoms with Crippen molar-refractivity contribution in [3.63, 3.8) is 0 Å². The molecule has 0 saturated carbocycles. The summed E-state index contributed by atoms with van der Waals surface area (Å²) < 4.78 is 6.84. The van der Waals surface area contributed by atoms with Crippen LogP contribution in [0.4, 0.5) is 0 Å². The number of hydrogen-bond donors (Lipinski definition) is 2. The van der Waals surface area contributed by atoms with Crippen LogP contribution in [0.15, 0.2) is 48.7 Å². The van der Waals surface area contributed by atoms with Gasteiger partial charge in [-0.05, 0) is 49.7 Å². The molecule has 2 atom stereocenters. The molecule has 1 aliphatic heterocycles. The number of carbonyl (C=O) groups excluding carboxylic acids is 1. The van der Waals surface area contributed by atoms with Gasteiger partial charge < -0.3 is 15.2 Å². The number of aromatic nitrogens is 4. The number of fused-ring (bicyclic) bond motifs is 1. The first-order valence-electron chi connectivity index (χ1n) is 10.8. The van der Waals surface area contributed by atoms with Crippen LogP contribution >= 0.6 is 0 Å². The van der Waals surface area contributed by atoms with E-state index in [0.29, 0.717) is 16.9 Å². The van der Waals surface area contributed by atoms with E-state index in [1.807, 2.05) is 38.1 Å².